The molecule has 2 aromatic rings. The van der Waals surface area contributed by atoms with Gasteiger partial charge in [-0.3, -0.25) is 4.79 Å². The molecule has 9 heteroatoms. The number of carbonyl (C=O) groups is 1. The van der Waals surface area contributed by atoms with E-state index in [-0.39, 0.29) is 24.2 Å². The number of amides is 1. The molecule has 9 nitrogen and oxygen atoms in total. The Bertz CT molecular complexity index is 1060. The molecule has 0 radical (unpaired) electrons. The monoisotopic (exact) mass is 486 g/mol. The fourth-order valence-corrected chi connectivity index (χ4v) is 3.96. The van der Waals surface area contributed by atoms with Crippen molar-refractivity contribution in [3.8, 4) is 28.7 Å². The fourth-order valence-electron chi connectivity index (χ4n) is 3.96. The molecule has 0 fully saturated rings. The number of nitrogens with zero attached hydrogens (tertiary/aromatic N) is 2. The van der Waals surface area contributed by atoms with Crippen LogP contribution in [0, 0.1) is 0 Å². The molecule has 0 bridgehead atoms. The Balaban J connectivity index is 1.98. The lowest BCUT2D eigenvalue weighted by molar-refractivity contribution is -0.130. The molecule has 1 aliphatic rings. The van der Waals surface area contributed by atoms with Gasteiger partial charge >= 0.3 is 0 Å². The molecule has 35 heavy (non-hydrogen) atoms. The van der Waals surface area contributed by atoms with Gasteiger partial charge in [0.15, 0.2) is 23.0 Å². The van der Waals surface area contributed by atoms with Crippen molar-refractivity contribution in [2.75, 3.05) is 35.5 Å². The lowest BCUT2D eigenvalue weighted by Gasteiger charge is -2.24. The predicted octanol–water partition coefficient (Wildman–Crippen LogP) is 4.22. The van der Waals surface area contributed by atoms with Crippen LogP contribution in [0.15, 0.2) is 35.4 Å². The summed E-state index contributed by atoms with van der Waals surface area (Å²) in [6.07, 6.45) is 0.176. The SMILES string of the molecule is COc1ccc(C2CC(c3cc(OC)c(OC)c(OC)c3)=NN2C(C)=O)cc1OC(C)C(C)OC. The summed E-state index contributed by atoms with van der Waals surface area (Å²) in [5.41, 5.74) is 2.38. The summed E-state index contributed by atoms with van der Waals surface area (Å²) in [4.78, 5) is 12.5. The Morgan fingerprint density at radius 1 is 0.886 bits per heavy atom. The summed E-state index contributed by atoms with van der Waals surface area (Å²) in [5, 5.41) is 6.14. The number of ether oxygens (including phenoxy) is 6. The minimum atomic E-state index is -0.315. The van der Waals surface area contributed by atoms with E-state index in [0.29, 0.717) is 35.2 Å². The summed E-state index contributed by atoms with van der Waals surface area (Å²) in [5.74, 6) is 2.53. The van der Waals surface area contributed by atoms with E-state index in [9.17, 15) is 4.79 Å². The second-order valence-electron chi connectivity index (χ2n) is 8.22. The number of benzene rings is 2. The minimum absolute atomic E-state index is 0.112. The van der Waals surface area contributed by atoms with Gasteiger partial charge in [0.1, 0.15) is 6.10 Å². The van der Waals surface area contributed by atoms with E-state index in [2.05, 4.69) is 5.10 Å². The van der Waals surface area contributed by atoms with E-state index in [1.54, 1.807) is 35.5 Å². The maximum absolute atomic E-state index is 12.5. The van der Waals surface area contributed by atoms with Crippen LogP contribution < -0.4 is 23.7 Å². The molecule has 3 rings (SSSR count). The van der Waals surface area contributed by atoms with Crippen LogP contribution in [-0.4, -0.2) is 64.4 Å². The van der Waals surface area contributed by atoms with Crippen LogP contribution in [0.3, 0.4) is 0 Å². The molecule has 3 atom stereocenters. The van der Waals surface area contributed by atoms with E-state index in [4.69, 9.17) is 28.4 Å². The molecule has 0 saturated carbocycles. The summed E-state index contributed by atoms with van der Waals surface area (Å²) < 4.78 is 33.4. The molecule has 0 saturated heterocycles. The van der Waals surface area contributed by atoms with Crippen molar-refractivity contribution in [1.29, 1.82) is 0 Å². The molecule has 1 heterocycles. The summed E-state index contributed by atoms with van der Waals surface area (Å²) in [6.45, 7) is 5.37. The van der Waals surface area contributed by atoms with Gasteiger partial charge in [0.05, 0.1) is 46.3 Å². The largest absolute Gasteiger partial charge is 0.493 e. The molecule has 3 unspecified atom stereocenters. The normalized spacial score (nSPS) is 16.9. The summed E-state index contributed by atoms with van der Waals surface area (Å²) in [7, 11) is 7.91. The molecule has 1 amide bonds. The third kappa shape index (κ3) is 5.45. The molecule has 190 valence electrons. The van der Waals surface area contributed by atoms with Crippen LogP contribution in [-0.2, 0) is 9.53 Å². The number of methoxy groups -OCH3 is 5. The lowest BCUT2D eigenvalue weighted by atomic mass is 9.97. The second kappa shape index (κ2) is 11.3. The third-order valence-electron chi connectivity index (χ3n) is 6.15. The first-order valence-corrected chi connectivity index (χ1v) is 11.3. The minimum Gasteiger partial charge on any atom is -0.493 e. The second-order valence-corrected chi connectivity index (χ2v) is 8.22. The Hall–Kier alpha value is -3.46. The highest BCUT2D eigenvalue weighted by Gasteiger charge is 2.33. The van der Waals surface area contributed by atoms with Crippen LogP contribution in [0.1, 0.15) is 44.4 Å². The van der Waals surface area contributed by atoms with Crippen molar-refractivity contribution in [3.63, 3.8) is 0 Å². The molecule has 2 aromatic carbocycles. The number of hydrogen-bond acceptors (Lipinski definition) is 8. The number of hydrazone groups is 1. The molecule has 0 spiro atoms. The first-order valence-electron chi connectivity index (χ1n) is 11.3. The quantitative estimate of drug-likeness (QED) is 0.497. The van der Waals surface area contributed by atoms with Gasteiger partial charge in [-0.15, -0.1) is 0 Å². The zero-order valence-corrected chi connectivity index (χ0v) is 21.6. The number of hydrogen-bond donors (Lipinski definition) is 0. The smallest absolute Gasteiger partial charge is 0.240 e. The van der Waals surface area contributed by atoms with E-state index < -0.39 is 0 Å². The molecule has 0 N–H and O–H groups in total. The Kier molecular flexibility index (Phi) is 8.45. The van der Waals surface area contributed by atoms with E-state index >= 15 is 0 Å². The first-order chi connectivity index (χ1) is 16.8. The lowest BCUT2D eigenvalue weighted by Crippen LogP contribution is -2.28. The molecule has 1 aliphatic heterocycles. The van der Waals surface area contributed by atoms with Gasteiger partial charge in [-0.05, 0) is 43.7 Å². The fraction of sp³-hybridized carbons (Fsp3) is 0.462. The Labute approximate surface area is 206 Å². The number of carbonyl (C=O) groups excluding carboxylic acids is 1. The topological polar surface area (TPSA) is 88.1 Å². The van der Waals surface area contributed by atoms with Crippen LogP contribution in [0.2, 0.25) is 0 Å². The van der Waals surface area contributed by atoms with Gasteiger partial charge in [-0.25, -0.2) is 5.01 Å². The zero-order chi connectivity index (χ0) is 25.7. The third-order valence-corrected chi connectivity index (χ3v) is 6.15. The first kappa shape index (κ1) is 26.2. The van der Waals surface area contributed by atoms with Gasteiger partial charge < -0.3 is 28.4 Å². The van der Waals surface area contributed by atoms with Crippen molar-refractivity contribution in [3.05, 3.63) is 41.5 Å². The maximum atomic E-state index is 12.5. The van der Waals surface area contributed by atoms with Gasteiger partial charge in [0, 0.05) is 26.0 Å². The number of rotatable bonds is 10. The Morgan fingerprint density at radius 3 is 2.03 bits per heavy atom. The van der Waals surface area contributed by atoms with E-state index in [0.717, 1.165) is 16.8 Å². The maximum Gasteiger partial charge on any atom is 0.240 e. The van der Waals surface area contributed by atoms with Gasteiger partial charge in [0.25, 0.3) is 0 Å². The van der Waals surface area contributed by atoms with Crippen LogP contribution in [0.5, 0.6) is 28.7 Å². The van der Waals surface area contributed by atoms with Crippen molar-refractivity contribution in [2.45, 2.75) is 45.4 Å². The average Bonchev–Trinajstić information content (AvgIpc) is 3.33. The highest BCUT2D eigenvalue weighted by atomic mass is 16.6. The van der Waals surface area contributed by atoms with Crippen LogP contribution in [0.4, 0.5) is 0 Å². The predicted molar refractivity (Wildman–Crippen MR) is 132 cm³/mol. The molecule has 0 aromatic heterocycles. The van der Waals surface area contributed by atoms with Crippen molar-refractivity contribution in [2.24, 2.45) is 5.10 Å². The highest BCUT2D eigenvalue weighted by Crippen LogP contribution is 2.42. The molecular weight excluding hydrogens is 452 g/mol. The Morgan fingerprint density at radius 2 is 1.51 bits per heavy atom. The van der Waals surface area contributed by atoms with E-state index in [1.807, 2.05) is 44.2 Å². The molecular formula is C26H34N2O7. The summed E-state index contributed by atoms with van der Waals surface area (Å²) in [6, 6.07) is 9.00. The summed E-state index contributed by atoms with van der Waals surface area (Å²) >= 11 is 0. The van der Waals surface area contributed by atoms with Crippen molar-refractivity contribution < 1.29 is 33.2 Å². The van der Waals surface area contributed by atoms with Crippen molar-refractivity contribution >= 4 is 11.6 Å². The van der Waals surface area contributed by atoms with Crippen LogP contribution >= 0.6 is 0 Å². The van der Waals surface area contributed by atoms with Crippen LogP contribution in [0.25, 0.3) is 0 Å². The zero-order valence-electron chi connectivity index (χ0n) is 21.6. The average molecular weight is 487 g/mol. The van der Waals surface area contributed by atoms with Gasteiger partial charge in [-0.1, -0.05) is 6.07 Å². The van der Waals surface area contributed by atoms with Gasteiger partial charge in [0.2, 0.25) is 11.7 Å². The standard InChI is InChI=1S/C26H34N2O7/c1-15(30-4)16(2)35-23-11-18(9-10-22(23)31-5)21-14-20(27-28(21)17(3)29)19-12-24(32-6)26(34-8)25(13-19)33-7/h9-13,15-16,21H,14H2,1-8H3. The van der Waals surface area contributed by atoms with E-state index in [1.165, 1.54) is 11.9 Å². The van der Waals surface area contributed by atoms with Gasteiger partial charge in [-0.2, -0.15) is 5.10 Å². The molecule has 0 aliphatic carbocycles. The highest BCUT2D eigenvalue weighted by molar-refractivity contribution is 6.04. The van der Waals surface area contributed by atoms with Crippen molar-refractivity contribution in [1.82, 2.24) is 5.01 Å².